The van der Waals surface area contributed by atoms with E-state index in [1.165, 1.54) is 0 Å². The summed E-state index contributed by atoms with van der Waals surface area (Å²) in [6.07, 6.45) is 4.83. The zero-order valence-corrected chi connectivity index (χ0v) is 12.4. The lowest BCUT2D eigenvalue weighted by atomic mass is 9.70. The van der Waals surface area contributed by atoms with Crippen molar-refractivity contribution in [1.29, 1.82) is 0 Å². The van der Waals surface area contributed by atoms with Gasteiger partial charge in [-0.15, -0.1) is 0 Å². The van der Waals surface area contributed by atoms with Gasteiger partial charge in [-0.1, -0.05) is 20.8 Å². The van der Waals surface area contributed by atoms with Crippen molar-refractivity contribution in [2.45, 2.75) is 58.5 Å². The summed E-state index contributed by atoms with van der Waals surface area (Å²) < 4.78 is 5.80. The number of nitrogen functional groups attached to an aromatic ring is 1. The van der Waals surface area contributed by atoms with E-state index in [0.717, 1.165) is 37.9 Å². The zero-order chi connectivity index (χ0) is 14.1. The van der Waals surface area contributed by atoms with Crippen LogP contribution in [-0.2, 0) is 16.8 Å². The first-order valence-corrected chi connectivity index (χ1v) is 6.97. The van der Waals surface area contributed by atoms with Gasteiger partial charge in [0.25, 0.3) is 0 Å². The molecule has 1 aliphatic rings. The molecule has 2 N–H and O–H groups in total. The molecule has 1 saturated carbocycles. The van der Waals surface area contributed by atoms with Crippen LogP contribution in [0.25, 0.3) is 0 Å². The second-order valence-electron chi connectivity index (χ2n) is 6.15. The van der Waals surface area contributed by atoms with Gasteiger partial charge in [0.2, 0.25) is 5.95 Å². The maximum Gasteiger partial charge on any atom is 0.223 e. The van der Waals surface area contributed by atoms with Crippen LogP contribution in [0.2, 0.25) is 0 Å². The molecule has 0 spiro atoms. The van der Waals surface area contributed by atoms with Gasteiger partial charge in [-0.25, -0.2) is 4.98 Å². The van der Waals surface area contributed by atoms with Crippen molar-refractivity contribution in [3.63, 3.8) is 0 Å². The minimum absolute atomic E-state index is 0.295. The molecule has 2 rings (SSSR count). The Morgan fingerprint density at radius 1 is 1.11 bits per heavy atom. The van der Waals surface area contributed by atoms with E-state index in [2.05, 4.69) is 28.8 Å². The summed E-state index contributed by atoms with van der Waals surface area (Å²) in [5.41, 5.74) is 5.77. The summed E-state index contributed by atoms with van der Waals surface area (Å²) in [7, 11) is 1.74. The standard InChI is InChI=1S/C14H24N4O/c1-5-10-16-11(18-12(15)17-10)14(19-4)8-6-13(2,3)7-9-14/h5-9H2,1-4H3,(H2,15,16,17,18). The van der Waals surface area contributed by atoms with Crippen molar-refractivity contribution in [3.8, 4) is 0 Å². The number of anilines is 1. The minimum Gasteiger partial charge on any atom is -0.370 e. The summed E-state index contributed by atoms with van der Waals surface area (Å²) in [4.78, 5) is 13.0. The molecule has 1 aliphatic carbocycles. The van der Waals surface area contributed by atoms with Gasteiger partial charge in [-0.05, 0) is 31.1 Å². The van der Waals surface area contributed by atoms with E-state index in [4.69, 9.17) is 10.5 Å². The smallest absolute Gasteiger partial charge is 0.223 e. The first-order chi connectivity index (χ1) is 8.91. The number of hydrogen-bond donors (Lipinski definition) is 1. The molecule has 106 valence electrons. The molecule has 0 aliphatic heterocycles. The molecule has 1 aromatic heterocycles. The molecule has 1 aromatic rings. The summed E-state index contributed by atoms with van der Waals surface area (Å²) in [6, 6.07) is 0. The van der Waals surface area contributed by atoms with Crippen LogP contribution < -0.4 is 5.73 Å². The average molecular weight is 264 g/mol. The molecular weight excluding hydrogens is 240 g/mol. The molecule has 0 aromatic carbocycles. The number of ether oxygens (including phenoxy) is 1. The van der Waals surface area contributed by atoms with Gasteiger partial charge in [0.15, 0.2) is 5.82 Å². The molecule has 19 heavy (non-hydrogen) atoms. The number of hydrogen-bond acceptors (Lipinski definition) is 5. The van der Waals surface area contributed by atoms with Gasteiger partial charge < -0.3 is 10.5 Å². The van der Waals surface area contributed by atoms with Crippen molar-refractivity contribution in [1.82, 2.24) is 15.0 Å². The third-order valence-electron chi connectivity index (χ3n) is 4.22. The summed E-state index contributed by atoms with van der Waals surface area (Å²) in [5, 5.41) is 0. The van der Waals surface area contributed by atoms with Crippen LogP contribution in [0.5, 0.6) is 0 Å². The lowest BCUT2D eigenvalue weighted by Crippen LogP contribution is -2.38. The maximum absolute atomic E-state index is 5.80. The third-order valence-corrected chi connectivity index (χ3v) is 4.22. The molecule has 1 heterocycles. The van der Waals surface area contributed by atoms with Crippen LogP contribution in [-0.4, -0.2) is 22.1 Å². The fourth-order valence-corrected chi connectivity index (χ4v) is 2.65. The van der Waals surface area contributed by atoms with Gasteiger partial charge in [0, 0.05) is 13.5 Å². The lowest BCUT2D eigenvalue weighted by Gasteiger charge is -2.41. The highest BCUT2D eigenvalue weighted by Gasteiger charge is 2.42. The Hall–Kier alpha value is -1.23. The highest BCUT2D eigenvalue weighted by molar-refractivity contribution is 5.19. The van der Waals surface area contributed by atoms with Crippen LogP contribution in [0.15, 0.2) is 0 Å². The highest BCUT2D eigenvalue weighted by atomic mass is 16.5. The van der Waals surface area contributed by atoms with Crippen LogP contribution in [0.1, 0.15) is 58.1 Å². The monoisotopic (exact) mass is 264 g/mol. The highest BCUT2D eigenvalue weighted by Crippen LogP contribution is 2.46. The largest absolute Gasteiger partial charge is 0.370 e. The van der Waals surface area contributed by atoms with E-state index in [-0.39, 0.29) is 0 Å². The number of methoxy groups -OCH3 is 1. The molecule has 0 unspecified atom stereocenters. The zero-order valence-electron chi connectivity index (χ0n) is 12.4. The van der Waals surface area contributed by atoms with Crippen LogP contribution in [0.4, 0.5) is 5.95 Å². The molecule has 0 saturated heterocycles. The Balaban J connectivity index is 2.34. The Morgan fingerprint density at radius 3 is 2.26 bits per heavy atom. The quantitative estimate of drug-likeness (QED) is 0.907. The van der Waals surface area contributed by atoms with Crippen molar-refractivity contribution in [3.05, 3.63) is 11.6 Å². The minimum atomic E-state index is -0.392. The molecule has 0 radical (unpaired) electrons. The van der Waals surface area contributed by atoms with E-state index in [1.807, 2.05) is 6.92 Å². The third kappa shape index (κ3) is 2.86. The van der Waals surface area contributed by atoms with E-state index >= 15 is 0 Å². The Morgan fingerprint density at radius 2 is 1.74 bits per heavy atom. The van der Waals surface area contributed by atoms with Gasteiger partial charge in [-0.2, -0.15) is 9.97 Å². The SMILES string of the molecule is CCc1nc(N)nc(C2(OC)CCC(C)(C)CC2)n1. The summed E-state index contributed by atoms with van der Waals surface area (Å²) >= 11 is 0. The van der Waals surface area contributed by atoms with Crippen LogP contribution in [0, 0.1) is 5.41 Å². The second kappa shape index (κ2) is 5.04. The Bertz CT molecular complexity index is 449. The summed E-state index contributed by atoms with van der Waals surface area (Å²) in [6.45, 7) is 6.61. The molecule has 5 nitrogen and oxygen atoms in total. The number of nitrogens with two attached hydrogens (primary N) is 1. The maximum atomic E-state index is 5.80. The predicted molar refractivity (Wildman–Crippen MR) is 74.6 cm³/mol. The number of aryl methyl sites for hydroxylation is 1. The van der Waals surface area contributed by atoms with E-state index < -0.39 is 5.60 Å². The molecule has 1 fully saturated rings. The van der Waals surface area contributed by atoms with Crippen molar-refractivity contribution >= 4 is 5.95 Å². The molecule has 5 heteroatoms. The number of aromatic nitrogens is 3. The topological polar surface area (TPSA) is 73.9 Å². The van der Waals surface area contributed by atoms with Gasteiger partial charge in [0.05, 0.1) is 0 Å². The van der Waals surface area contributed by atoms with E-state index in [1.54, 1.807) is 7.11 Å². The second-order valence-corrected chi connectivity index (χ2v) is 6.15. The van der Waals surface area contributed by atoms with Crippen molar-refractivity contribution in [2.75, 3.05) is 12.8 Å². The van der Waals surface area contributed by atoms with Gasteiger partial charge >= 0.3 is 0 Å². The lowest BCUT2D eigenvalue weighted by molar-refractivity contribution is -0.0730. The van der Waals surface area contributed by atoms with Gasteiger partial charge in [0.1, 0.15) is 11.4 Å². The average Bonchev–Trinajstić information content (AvgIpc) is 2.38. The number of rotatable bonds is 3. The first-order valence-electron chi connectivity index (χ1n) is 6.97. The van der Waals surface area contributed by atoms with Crippen molar-refractivity contribution in [2.24, 2.45) is 5.41 Å². The van der Waals surface area contributed by atoms with E-state index in [9.17, 15) is 0 Å². The number of nitrogens with zero attached hydrogens (tertiary/aromatic N) is 3. The first kappa shape index (κ1) is 14.2. The Labute approximate surface area is 115 Å². The molecule has 0 bridgehead atoms. The molecular formula is C14H24N4O. The predicted octanol–water partition coefficient (Wildman–Crippen LogP) is 2.46. The van der Waals surface area contributed by atoms with Crippen molar-refractivity contribution < 1.29 is 4.74 Å². The fraction of sp³-hybridized carbons (Fsp3) is 0.786. The molecule has 0 atom stereocenters. The van der Waals surface area contributed by atoms with Crippen LogP contribution >= 0.6 is 0 Å². The Kier molecular flexibility index (Phi) is 3.76. The summed E-state index contributed by atoms with van der Waals surface area (Å²) in [5.74, 6) is 1.74. The van der Waals surface area contributed by atoms with Gasteiger partial charge in [-0.3, -0.25) is 0 Å². The fourth-order valence-electron chi connectivity index (χ4n) is 2.65. The molecule has 0 amide bonds. The van der Waals surface area contributed by atoms with Crippen LogP contribution in [0.3, 0.4) is 0 Å². The van der Waals surface area contributed by atoms with E-state index in [0.29, 0.717) is 17.2 Å². The normalized spacial score (nSPS) is 21.3.